The van der Waals surface area contributed by atoms with Crippen molar-refractivity contribution in [2.75, 3.05) is 13.1 Å². The number of H-pyrrole nitrogens is 1. The van der Waals surface area contributed by atoms with Crippen molar-refractivity contribution >= 4 is 11.0 Å². The zero-order chi connectivity index (χ0) is 31.2. The molecule has 0 radical (unpaired) electrons. The van der Waals surface area contributed by atoms with Crippen LogP contribution < -0.4 is 10.1 Å². The molecular weight excluding hydrogens is 587 g/mol. The standard InChI is InChI=1S/C31H34F3N9O2/c32-31(33,34)26-9-19(15-37-21-11-23(44)12-21)10-27(41-26)45-24-2-7-42(8-3-24)22-13-30(14-22,4-5-35)43-17-20(16-40-43)28-25-1-6-36-29(25)39-18-38-28/h1,6,9-10,16-18,21-24,37,44H,2-4,7-8,11-15H2,(H,36,38,39)/t21-,22-,23-,30-. The molecule has 14 heteroatoms. The maximum absolute atomic E-state index is 13.6. The Labute approximate surface area is 257 Å². The molecule has 0 amide bonds. The van der Waals surface area contributed by atoms with Gasteiger partial charge in [-0.25, -0.2) is 15.0 Å². The Kier molecular flexibility index (Phi) is 7.71. The van der Waals surface area contributed by atoms with Gasteiger partial charge in [-0.15, -0.1) is 0 Å². The molecule has 0 bridgehead atoms. The Morgan fingerprint density at radius 1 is 1.18 bits per heavy atom. The lowest BCUT2D eigenvalue weighted by Gasteiger charge is -2.52. The number of aliphatic hydroxyl groups is 1. The van der Waals surface area contributed by atoms with Crippen LogP contribution >= 0.6 is 0 Å². The van der Waals surface area contributed by atoms with E-state index in [2.05, 4.69) is 41.3 Å². The normalized spacial score (nSPS) is 25.9. The van der Waals surface area contributed by atoms with E-state index in [4.69, 9.17) is 4.74 Å². The first kappa shape index (κ1) is 29.6. The van der Waals surface area contributed by atoms with Gasteiger partial charge in [0, 0.05) is 61.1 Å². The van der Waals surface area contributed by atoms with Crippen molar-refractivity contribution in [3.8, 4) is 23.2 Å². The summed E-state index contributed by atoms with van der Waals surface area (Å²) in [5.74, 6) is -0.0134. The monoisotopic (exact) mass is 621 g/mol. The fraction of sp³-hybridized carbons (Fsp3) is 0.516. The van der Waals surface area contributed by atoms with E-state index >= 15 is 0 Å². The predicted molar refractivity (Wildman–Crippen MR) is 157 cm³/mol. The second kappa shape index (κ2) is 11.7. The Hall–Kier alpha value is -4.06. The molecule has 1 saturated heterocycles. The lowest BCUT2D eigenvalue weighted by Crippen LogP contribution is -2.58. The zero-order valence-corrected chi connectivity index (χ0v) is 24.5. The molecule has 0 spiro atoms. The summed E-state index contributed by atoms with van der Waals surface area (Å²) in [6.07, 6.45) is 6.35. The Bertz CT molecular complexity index is 1690. The number of nitriles is 1. The molecule has 7 rings (SSSR count). The van der Waals surface area contributed by atoms with E-state index in [1.54, 1.807) is 12.3 Å². The van der Waals surface area contributed by atoms with Gasteiger partial charge in [-0.05, 0) is 56.2 Å². The van der Waals surface area contributed by atoms with Gasteiger partial charge in [-0.1, -0.05) is 0 Å². The fourth-order valence-electron chi connectivity index (χ4n) is 6.86. The highest BCUT2D eigenvalue weighted by atomic mass is 19.4. The van der Waals surface area contributed by atoms with Gasteiger partial charge in [0.2, 0.25) is 5.88 Å². The number of aliphatic hydroxyl groups excluding tert-OH is 1. The largest absolute Gasteiger partial charge is 0.474 e. The summed E-state index contributed by atoms with van der Waals surface area (Å²) in [5.41, 5.74) is 1.49. The molecule has 3 N–H and O–H groups in total. The van der Waals surface area contributed by atoms with Crippen molar-refractivity contribution in [1.82, 2.24) is 39.9 Å². The molecule has 2 aliphatic carbocycles. The van der Waals surface area contributed by atoms with Crippen LogP contribution in [0.3, 0.4) is 0 Å². The maximum Gasteiger partial charge on any atom is 0.433 e. The zero-order valence-electron chi connectivity index (χ0n) is 24.5. The summed E-state index contributed by atoms with van der Waals surface area (Å²) < 4.78 is 48.7. The van der Waals surface area contributed by atoms with Crippen LogP contribution in [0.2, 0.25) is 0 Å². The van der Waals surface area contributed by atoms with Gasteiger partial charge in [0.1, 0.15) is 23.8 Å². The molecule has 4 aromatic heterocycles. The van der Waals surface area contributed by atoms with E-state index in [0.717, 1.165) is 54.3 Å². The van der Waals surface area contributed by atoms with Crippen LogP contribution in [0, 0.1) is 11.3 Å². The van der Waals surface area contributed by atoms with Crippen LogP contribution in [-0.4, -0.2) is 77.1 Å². The van der Waals surface area contributed by atoms with Gasteiger partial charge >= 0.3 is 6.18 Å². The molecule has 45 heavy (non-hydrogen) atoms. The quantitative estimate of drug-likeness (QED) is 0.251. The topological polar surface area (TPSA) is 141 Å². The summed E-state index contributed by atoms with van der Waals surface area (Å²) in [6, 6.07) is 7.29. The highest BCUT2D eigenvalue weighted by Crippen LogP contribution is 2.45. The second-order valence-electron chi connectivity index (χ2n) is 12.5. The maximum atomic E-state index is 13.6. The number of piperidine rings is 1. The third-order valence-electron chi connectivity index (χ3n) is 9.48. The first-order valence-corrected chi connectivity index (χ1v) is 15.3. The van der Waals surface area contributed by atoms with Crippen LogP contribution in [0.25, 0.3) is 22.3 Å². The second-order valence-corrected chi connectivity index (χ2v) is 12.5. The minimum absolute atomic E-state index is 0.0134. The average molecular weight is 622 g/mol. The average Bonchev–Trinajstić information content (AvgIpc) is 3.67. The highest BCUT2D eigenvalue weighted by Gasteiger charge is 2.49. The fourth-order valence-corrected chi connectivity index (χ4v) is 6.86. The Balaban J connectivity index is 0.969. The van der Waals surface area contributed by atoms with E-state index in [1.807, 2.05) is 23.1 Å². The van der Waals surface area contributed by atoms with Crippen LogP contribution in [0.15, 0.2) is 43.1 Å². The number of rotatable bonds is 9. The first-order valence-electron chi connectivity index (χ1n) is 15.3. The third kappa shape index (κ3) is 5.99. The summed E-state index contributed by atoms with van der Waals surface area (Å²) in [4.78, 5) is 18.0. The van der Waals surface area contributed by atoms with Crippen molar-refractivity contribution in [2.24, 2.45) is 0 Å². The first-order chi connectivity index (χ1) is 21.7. The van der Waals surface area contributed by atoms with Gasteiger partial charge in [-0.3, -0.25) is 9.58 Å². The number of nitrogens with one attached hydrogen (secondary N) is 2. The summed E-state index contributed by atoms with van der Waals surface area (Å²) in [6.45, 7) is 1.73. The molecule has 0 unspecified atom stereocenters. The predicted octanol–water partition coefficient (Wildman–Crippen LogP) is 4.16. The van der Waals surface area contributed by atoms with Crippen molar-refractivity contribution in [3.05, 3.63) is 54.4 Å². The third-order valence-corrected chi connectivity index (χ3v) is 9.48. The molecule has 5 heterocycles. The van der Waals surface area contributed by atoms with Crippen molar-refractivity contribution < 1.29 is 23.0 Å². The molecular formula is C31H34F3N9O2. The molecule has 11 nitrogen and oxygen atoms in total. The minimum Gasteiger partial charge on any atom is -0.474 e. The Morgan fingerprint density at radius 3 is 2.71 bits per heavy atom. The smallest absolute Gasteiger partial charge is 0.433 e. The van der Waals surface area contributed by atoms with E-state index in [-0.39, 0.29) is 36.7 Å². The van der Waals surface area contributed by atoms with E-state index in [9.17, 15) is 23.5 Å². The summed E-state index contributed by atoms with van der Waals surface area (Å²) >= 11 is 0. The van der Waals surface area contributed by atoms with E-state index in [1.165, 1.54) is 6.33 Å². The van der Waals surface area contributed by atoms with Crippen molar-refractivity contribution in [2.45, 2.75) is 87.5 Å². The van der Waals surface area contributed by atoms with Gasteiger partial charge < -0.3 is 20.1 Å². The van der Waals surface area contributed by atoms with Crippen LogP contribution in [0.4, 0.5) is 13.2 Å². The van der Waals surface area contributed by atoms with Crippen LogP contribution in [-0.2, 0) is 18.3 Å². The number of hydrogen-bond acceptors (Lipinski definition) is 9. The number of pyridine rings is 1. The van der Waals surface area contributed by atoms with Crippen molar-refractivity contribution in [3.63, 3.8) is 0 Å². The molecule has 1 aliphatic heterocycles. The van der Waals surface area contributed by atoms with E-state index < -0.39 is 17.4 Å². The van der Waals surface area contributed by atoms with Gasteiger partial charge in [-0.2, -0.15) is 23.5 Å². The molecule has 4 aromatic rings. The number of aromatic nitrogens is 6. The highest BCUT2D eigenvalue weighted by molar-refractivity contribution is 5.90. The molecule has 0 aromatic carbocycles. The number of alkyl halides is 3. The van der Waals surface area contributed by atoms with Gasteiger partial charge in [0.15, 0.2) is 0 Å². The van der Waals surface area contributed by atoms with Crippen molar-refractivity contribution in [1.29, 1.82) is 5.26 Å². The lowest BCUT2D eigenvalue weighted by molar-refractivity contribution is -0.141. The molecule has 2 saturated carbocycles. The number of aromatic amines is 1. The number of hydrogen-bond donors (Lipinski definition) is 3. The molecule has 3 fully saturated rings. The van der Waals surface area contributed by atoms with Crippen LogP contribution in [0.5, 0.6) is 5.88 Å². The molecule has 3 aliphatic rings. The van der Waals surface area contributed by atoms with E-state index in [0.29, 0.717) is 37.7 Å². The van der Waals surface area contributed by atoms with Gasteiger partial charge in [0.05, 0.1) is 36.0 Å². The SMILES string of the molecule is N#CC[C@]1(n2cc(-c3ncnc4[nH]ccc34)cn2)C[C@H](N2CCC(Oc3cc(CN[C@H]4C[C@H](O)C4)cc(C(F)(F)F)n3)CC2)C1. The van der Waals surface area contributed by atoms with Gasteiger partial charge in [0.25, 0.3) is 0 Å². The lowest BCUT2D eigenvalue weighted by atomic mass is 9.69. The number of fused-ring (bicyclic) bond motifs is 1. The summed E-state index contributed by atoms with van der Waals surface area (Å²) in [7, 11) is 0. The molecule has 0 atom stereocenters. The minimum atomic E-state index is -4.58. The number of halogens is 3. The number of nitrogens with zero attached hydrogens (tertiary/aromatic N) is 7. The van der Waals surface area contributed by atoms with Crippen LogP contribution in [0.1, 0.15) is 56.2 Å². The summed E-state index contributed by atoms with van der Waals surface area (Å²) in [5, 5.41) is 27.9. The number of ether oxygens (including phenoxy) is 1. The number of likely N-dealkylation sites (tertiary alicyclic amines) is 1. The Morgan fingerprint density at radius 2 is 1.98 bits per heavy atom. The molecule has 236 valence electrons.